The summed E-state index contributed by atoms with van der Waals surface area (Å²) in [5.41, 5.74) is -0.188. The average Bonchev–Trinajstić information content (AvgIpc) is 2.43. The Hall–Kier alpha value is -2.02. The lowest BCUT2D eigenvalue weighted by atomic mass is 10.1. The Kier molecular flexibility index (Phi) is 6.74. The third-order valence-electron chi connectivity index (χ3n) is 2.77. The van der Waals surface area contributed by atoms with E-state index in [9.17, 15) is 14.4 Å². The van der Waals surface area contributed by atoms with Gasteiger partial charge in [0.05, 0.1) is 11.1 Å². The molecule has 0 aliphatic rings. The summed E-state index contributed by atoms with van der Waals surface area (Å²) in [5, 5.41) is 20.4. The molecule has 0 fully saturated rings. The van der Waals surface area contributed by atoms with Crippen LogP contribution in [0.2, 0.25) is 0 Å². The molecule has 0 saturated carbocycles. The fourth-order valence-corrected chi connectivity index (χ4v) is 1.97. The number of anilines is 1. The number of thiol groups is 1. The molecule has 1 aromatic rings. The van der Waals surface area contributed by atoms with Crippen molar-refractivity contribution in [3.63, 3.8) is 0 Å². The van der Waals surface area contributed by atoms with Crippen molar-refractivity contribution in [2.45, 2.75) is 25.7 Å². The first-order valence-electron chi connectivity index (χ1n) is 6.46. The van der Waals surface area contributed by atoms with Gasteiger partial charge in [0.1, 0.15) is 0 Å². The average molecular weight is 311 g/mol. The number of nitrogens with one attached hydrogen (secondary N) is 1. The number of amides is 1. The van der Waals surface area contributed by atoms with Gasteiger partial charge in [0.25, 0.3) is 0 Å². The Bertz CT molecular complexity index is 512. The van der Waals surface area contributed by atoms with Crippen molar-refractivity contribution >= 4 is 36.2 Å². The van der Waals surface area contributed by atoms with Crippen LogP contribution in [0.15, 0.2) is 18.2 Å². The van der Waals surface area contributed by atoms with Gasteiger partial charge in [-0.2, -0.15) is 12.6 Å². The highest BCUT2D eigenvalue weighted by Crippen LogP contribution is 2.16. The molecule has 0 bridgehead atoms. The third kappa shape index (κ3) is 5.86. The molecular weight excluding hydrogens is 294 g/mol. The molecule has 1 aromatic carbocycles. The molecule has 1 rings (SSSR count). The van der Waals surface area contributed by atoms with E-state index in [1.165, 1.54) is 12.1 Å². The highest BCUT2D eigenvalue weighted by molar-refractivity contribution is 7.80. The number of aromatic carboxylic acids is 2. The highest BCUT2D eigenvalue weighted by Gasteiger charge is 2.12. The van der Waals surface area contributed by atoms with Crippen molar-refractivity contribution in [1.82, 2.24) is 0 Å². The lowest BCUT2D eigenvalue weighted by Crippen LogP contribution is -2.13. The topological polar surface area (TPSA) is 104 Å². The molecule has 0 atom stereocenters. The van der Waals surface area contributed by atoms with E-state index in [4.69, 9.17) is 10.2 Å². The number of carboxylic acid groups (broad SMARTS) is 2. The molecule has 0 saturated heterocycles. The maximum Gasteiger partial charge on any atom is 0.335 e. The molecule has 0 radical (unpaired) electrons. The summed E-state index contributed by atoms with van der Waals surface area (Å²) < 4.78 is 0. The smallest absolute Gasteiger partial charge is 0.335 e. The van der Waals surface area contributed by atoms with E-state index in [1.807, 2.05) is 0 Å². The second-order valence-electron chi connectivity index (χ2n) is 4.49. The van der Waals surface area contributed by atoms with Crippen molar-refractivity contribution in [2.24, 2.45) is 0 Å². The SMILES string of the molecule is O=C(CCCCCS)Nc1cc(C(=O)O)cc(C(=O)O)c1. The van der Waals surface area contributed by atoms with Gasteiger partial charge in [-0.05, 0) is 36.8 Å². The predicted octanol–water partition coefficient (Wildman–Crippen LogP) is 2.51. The molecule has 0 spiro atoms. The second kappa shape index (κ2) is 8.31. The Labute approximate surface area is 127 Å². The standard InChI is InChI=1S/C14H17NO5S/c16-12(4-2-1-3-5-21)15-11-7-9(13(17)18)6-10(8-11)14(19)20/h6-8,21H,1-5H2,(H,15,16)(H,17,18)(H,19,20). The highest BCUT2D eigenvalue weighted by atomic mass is 32.1. The Balaban J connectivity index is 2.75. The maximum atomic E-state index is 11.7. The first-order chi connectivity index (χ1) is 9.93. The van der Waals surface area contributed by atoms with Crippen molar-refractivity contribution in [2.75, 3.05) is 11.1 Å². The van der Waals surface area contributed by atoms with E-state index in [0.29, 0.717) is 12.8 Å². The van der Waals surface area contributed by atoms with E-state index < -0.39 is 11.9 Å². The van der Waals surface area contributed by atoms with Gasteiger partial charge < -0.3 is 15.5 Å². The first kappa shape index (κ1) is 17.0. The number of hydrogen-bond acceptors (Lipinski definition) is 4. The molecule has 0 aromatic heterocycles. The van der Waals surface area contributed by atoms with Crippen LogP contribution in [0.4, 0.5) is 5.69 Å². The van der Waals surface area contributed by atoms with Gasteiger partial charge in [-0.15, -0.1) is 0 Å². The number of rotatable bonds is 8. The number of carbonyl (C=O) groups is 3. The first-order valence-corrected chi connectivity index (χ1v) is 7.09. The number of unbranched alkanes of at least 4 members (excludes halogenated alkanes) is 2. The molecule has 7 heteroatoms. The quantitative estimate of drug-likeness (QED) is 0.436. The lowest BCUT2D eigenvalue weighted by Gasteiger charge is -2.07. The van der Waals surface area contributed by atoms with Crippen LogP contribution in [0.1, 0.15) is 46.4 Å². The largest absolute Gasteiger partial charge is 0.478 e. The monoisotopic (exact) mass is 311 g/mol. The van der Waals surface area contributed by atoms with E-state index >= 15 is 0 Å². The molecule has 0 aliphatic heterocycles. The fourth-order valence-electron chi connectivity index (χ4n) is 1.74. The molecule has 6 nitrogen and oxygen atoms in total. The van der Waals surface area contributed by atoms with E-state index in [0.717, 1.165) is 24.7 Å². The zero-order chi connectivity index (χ0) is 15.8. The molecule has 0 unspecified atom stereocenters. The van der Waals surface area contributed by atoms with E-state index in [2.05, 4.69) is 17.9 Å². The minimum Gasteiger partial charge on any atom is -0.478 e. The predicted molar refractivity (Wildman–Crippen MR) is 81.3 cm³/mol. The van der Waals surface area contributed by atoms with E-state index in [1.54, 1.807) is 0 Å². The van der Waals surface area contributed by atoms with Crippen LogP contribution in [-0.2, 0) is 4.79 Å². The van der Waals surface area contributed by atoms with Gasteiger partial charge in [-0.3, -0.25) is 4.79 Å². The summed E-state index contributed by atoms with van der Waals surface area (Å²) in [7, 11) is 0. The van der Waals surface area contributed by atoms with Gasteiger partial charge in [-0.1, -0.05) is 6.42 Å². The number of carbonyl (C=O) groups excluding carboxylic acids is 1. The van der Waals surface area contributed by atoms with Gasteiger partial charge in [0.15, 0.2) is 0 Å². The lowest BCUT2D eigenvalue weighted by molar-refractivity contribution is -0.116. The van der Waals surface area contributed by atoms with Crippen LogP contribution in [0.5, 0.6) is 0 Å². The van der Waals surface area contributed by atoms with E-state index in [-0.39, 0.29) is 22.7 Å². The number of benzene rings is 1. The van der Waals surface area contributed by atoms with Crippen molar-refractivity contribution < 1.29 is 24.6 Å². The minimum absolute atomic E-state index is 0.173. The summed E-state index contributed by atoms with van der Waals surface area (Å²) in [6.07, 6.45) is 2.81. The molecule has 3 N–H and O–H groups in total. The third-order valence-corrected chi connectivity index (χ3v) is 3.09. The molecule has 1 amide bonds. The summed E-state index contributed by atoms with van der Waals surface area (Å²) in [5.74, 6) is -2.00. The van der Waals surface area contributed by atoms with Crippen molar-refractivity contribution in [3.05, 3.63) is 29.3 Å². The van der Waals surface area contributed by atoms with Gasteiger partial charge >= 0.3 is 11.9 Å². The van der Waals surface area contributed by atoms with Crippen LogP contribution < -0.4 is 5.32 Å². The maximum absolute atomic E-state index is 11.7. The Morgan fingerprint density at radius 3 is 2.00 bits per heavy atom. The molecule has 0 heterocycles. The summed E-state index contributed by atoms with van der Waals surface area (Å²) >= 11 is 4.07. The van der Waals surface area contributed by atoms with Crippen molar-refractivity contribution in [1.29, 1.82) is 0 Å². The Morgan fingerprint density at radius 1 is 0.952 bits per heavy atom. The summed E-state index contributed by atoms with van der Waals surface area (Å²) in [6, 6.07) is 3.52. The van der Waals surface area contributed by atoms with Crippen LogP contribution in [0.25, 0.3) is 0 Å². The second-order valence-corrected chi connectivity index (χ2v) is 4.94. The molecule has 21 heavy (non-hydrogen) atoms. The summed E-state index contributed by atoms with van der Waals surface area (Å²) in [6.45, 7) is 0. The van der Waals surface area contributed by atoms with Crippen LogP contribution >= 0.6 is 12.6 Å². The number of carboxylic acids is 2. The van der Waals surface area contributed by atoms with Crippen LogP contribution in [0, 0.1) is 0 Å². The molecular formula is C14H17NO5S. The van der Waals surface area contributed by atoms with Gasteiger partial charge in [0, 0.05) is 12.1 Å². The normalized spacial score (nSPS) is 10.1. The zero-order valence-electron chi connectivity index (χ0n) is 11.3. The molecule has 0 aliphatic carbocycles. The fraction of sp³-hybridized carbons (Fsp3) is 0.357. The van der Waals surface area contributed by atoms with Crippen molar-refractivity contribution in [3.8, 4) is 0 Å². The zero-order valence-corrected chi connectivity index (χ0v) is 12.2. The summed E-state index contributed by atoms with van der Waals surface area (Å²) in [4.78, 5) is 33.6. The van der Waals surface area contributed by atoms with Gasteiger partial charge in [-0.25, -0.2) is 9.59 Å². The van der Waals surface area contributed by atoms with Crippen LogP contribution in [0.3, 0.4) is 0 Å². The minimum atomic E-state index is -1.25. The van der Waals surface area contributed by atoms with Crippen LogP contribution in [-0.4, -0.2) is 33.8 Å². The van der Waals surface area contributed by atoms with Gasteiger partial charge in [0.2, 0.25) is 5.91 Å². The number of hydrogen-bond donors (Lipinski definition) is 4. The Morgan fingerprint density at radius 2 is 1.52 bits per heavy atom. The molecule has 114 valence electrons.